The van der Waals surface area contributed by atoms with E-state index in [1.54, 1.807) is 18.5 Å². The molecule has 0 unspecified atom stereocenters. The van der Waals surface area contributed by atoms with Crippen molar-refractivity contribution in [3.63, 3.8) is 0 Å². The van der Waals surface area contributed by atoms with E-state index in [2.05, 4.69) is 9.97 Å². The van der Waals surface area contributed by atoms with Gasteiger partial charge in [-0.3, -0.25) is 4.98 Å². The molecule has 2 atom stereocenters. The molecule has 22 heavy (non-hydrogen) atoms. The first-order valence-corrected chi connectivity index (χ1v) is 6.87. The van der Waals surface area contributed by atoms with Gasteiger partial charge >= 0.3 is 5.97 Å². The molecule has 3 heterocycles. The summed E-state index contributed by atoms with van der Waals surface area (Å²) in [5.74, 6) is -0.986. The molecule has 2 aromatic rings. The minimum Gasteiger partial charge on any atom is -0.479 e. The Morgan fingerprint density at radius 2 is 2.32 bits per heavy atom. The maximum atomic E-state index is 11.2. The Balaban J connectivity index is 2.07. The zero-order valence-electron chi connectivity index (χ0n) is 11.9. The van der Waals surface area contributed by atoms with Crippen molar-refractivity contribution in [3.05, 3.63) is 30.2 Å². The van der Waals surface area contributed by atoms with E-state index >= 15 is 0 Å². The van der Waals surface area contributed by atoms with E-state index in [1.165, 1.54) is 0 Å². The Morgan fingerprint density at radius 1 is 1.50 bits per heavy atom. The predicted octanol–water partition coefficient (Wildman–Crippen LogP) is 1.18. The number of ether oxygens (including phenoxy) is 1. The van der Waals surface area contributed by atoms with Gasteiger partial charge < -0.3 is 14.7 Å². The second-order valence-corrected chi connectivity index (χ2v) is 5.18. The van der Waals surface area contributed by atoms with Crippen LogP contribution in [0.1, 0.15) is 12.6 Å². The number of nitriles is 1. The maximum absolute atomic E-state index is 11.2. The van der Waals surface area contributed by atoms with Crippen molar-refractivity contribution in [1.29, 1.82) is 5.26 Å². The molecule has 2 aromatic heterocycles. The summed E-state index contributed by atoms with van der Waals surface area (Å²) in [5.41, 5.74) is 1.55. The zero-order chi connectivity index (χ0) is 15.7. The third kappa shape index (κ3) is 2.44. The third-order valence-corrected chi connectivity index (χ3v) is 3.61. The van der Waals surface area contributed by atoms with Gasteiger partial charge in [0.2, 0.25) is 0 Å². The number of morpholine rings is 1. The lowest BCUT2D eigenvalue weighted by atomic mass is 10.1. The van der Waals surface area contributed by atoms with E-state index in [-0.39, 0.29) is 18.3 Å². The van der Waals surface area contributed by atoms with Gasteiger partial charge in [-0.1, -0.05) is 0 Å². The molecule has 0 aliphatic carbocycles. The number of carboxylic acid groups (broad SMARTS) is 1. The molecule has 7 heteroatoms. The first-order chi connectivity index (χ1) is 10.6. The Hall–Kier alpha value is -2.72. The number of carbonyl (C=O) groups is 1. The number of anilines is 1. The molecule has 1 N–H and O–H groups in total. The van der Waals surface area contributed by atoms with Gasteiger partial charge in [0, 0.05) is 18.1 Å². The van der Waals surface area contributed by atoms with E-state index in [4.69, 9.17) is 10.00 Å². The number of nitrogens with zero attached hydrogens (tertiary/aromatic N) is 4. The molecule has 0 amide bonds. The van der Waals surface area contributed by atoms with E-state index in [1.807, 2.05) is 24.0 Å². The van der Waals surface area contributed by atoms with Crippen molar-refractivity contribution in [3.8, 4) is 6.07 Å². The molecule has 3 rings (SSSR count). The minimum atomic E-state index is -0.986. The summed E-state index contributed by atoms with van der Waals surface area (Å²) < 4.78 is 5.43. The number of fused-ring (bicyclic) bond motifs is 1. The second kappa shape index (κ2) is 5.58. The normalized spacial score (nSPS) is 21.5. The van der Waals surface area contributed by atoms with Crippen molar-refractivity contribution < 1.29 is 14.6 Å². The lowest BCUT2D eigenvalue weighted by molar-refractivity contribution is -0.154. The summed E-state index contributed by atoms with van der Waals surface area (Å²) in [7, 11) is 0. The highest BCUT2D eigenvalue weighted by Crippen LogP contribution is 2.28. The van der Waals surface area contributed by atoms with Crippen LogP contribution in [0.25, 0.3) is 10.9 Å². The highest BCUT2D eigenvalue weighted by atomic mass is 16.5. The minimum absolute atomic E-state index is 0.211. The van der Waals surface area contributed by atoms with Gasteiger partial charge in [-0.15, -0.1) is 0 Å². The number of aromatic nitrogens is 2. The van der Waals surface area contributed by atoms with Crippen molar-refractivity contribution in [2.24, 2.45) is 0 Å². The van der Waals surface area contributed by atoms with Crippen molar-refractivity contribution in [1.82, 2.24) is 9.97 Å². The van der Waals surface area contributed by atoms with Gasteiger partial charge in [-0.25, -0.2) is 9.78 Å². The topological polar surface area (TPSA) is 99.3 Å². The average Bonchev–Trinajstić information content (AvgIpc) is 2.53. The Labute approximate surface area is 126 Å². The van der Waals surface area contributed by atoms with Crippen LogP contribution >= 0.6 is 0 Å². The molecule has 0 spiro atoms. The molecule has 1 aliphatic rings. The van der Waals surface area contributed by atoms with Crippen LogP contribution < -0.4 is 4.90 Å². The van der Waals surface area contributed by atoms with Crippen LogP contribution in [0.4, 0.5) is 5.69 Å². The fourth-order valence-corrected chi connectivity index (χ4v) is 2.68. The lowest BCUT2D eigenvalue weighted by Crippen LogP contribution is -2.49. The van der Waals surface area contributed by atoms with Gasteiger partial charge in [0.25, 0.3) is 0 Å². The zero-order valence-corrected chi connectivity index (χ0v) is 11.9. The predicted molar refractivity (Wildman–Crippen MR) is 78.4 cm³/mol. The van der Waals surface area contributed by atoms with Gasteiger partial charge in [0.05, 0.1) is 24.5 Å². The molecule has 7 nitrogen and oxygen atoms in total. The molecule has 1 aliphatic heterocycles. The summed E-state index contributed by atoms with van der Waals surface area (Å²) in [6.45, 7) is 2.62. The fourth-order valence-electron chi connectivity index (χ4n) is 2.68. The van der Waals surface area contributed by atoms with Crippen LogP contribution in [-0.4, -0.2) is 46.3 Å². The lowest BCUT2D eigenvalue weighted by Gasteiger charge is -2.36. The van der Waals surface area contributed by atoms with Gasteiger partial charge in [0.15, 0.2) is 11.8 Å². The number of aliphatic carboxylic acids is 1. The van der Waals surface area contributed by atoms with Crippen LogP contribution in [-0.2, 0) is 9.53 Å². The van der Waals surface area contributed by atoms with Crippen LogP contribution in [0, 0.1) is 11.3 Å². The summed E-state index contributed by atoms with van der Waals surface area (Å²) >= 11 is 0. The van der Waals surface area contributed by atoms with E-state index < -0.39 is 12.1 Å². The Bertz CT molecular complexity index is 771. The summed E-state index contributed by atoms with van der Waals surface area (Å²) in [4.78, 5) is 21.5. The third-order valence-electron chi connectivity index (χ3n) is 3.61. The smallest absolute Gasteiger partial charge is 0.334 e. The molecule has 0 saturated carbocycles. The van der Waals surface area contributed by atoms with Crippen LogP contribution in [0.3, 0.4) is 0 Å². The molecule has 1 saturated heterocycles. The standard InChI is InChI=1S/C15H14N4O3/c1-9-7-19(8-13(22-9)15(20)21)12-6-18-11(5-16)14-10(12)3-2-4-17-14/h2-4,6,9,13H,7-8H2,1H3,(H,20,21)/t9-,13-/m1/s1. The first-order valence-electron chi connectivity index (χ1n) is 6.87. The van der Waals surface area contributed by atoms with E-state index in [0.717, 1.165) is 11.1 Å². The summed E-state index contributed by atoms with van der Waals surface area (Å²) in [6.07, 6.45) is 2.11. The molecule has 0 radical (unpaired) electrons. The molecule has 1 fully saturated rings. The number of pyridine rings is 2. The number of hydrogen-bond acceptors (Lipinski definition) is 6. The molecule has 0 bridgehead atoms. The van der Waals surface area contributed by atoms with Crippen LogP contribution in [0.2, 0.25) is 0 Å². The molecule has 112 valence electrons. The maximum Gasteiger partial charge on any atom is 0.334 e. The largest absolute Gasteiger partial charge is 0.479 e. The van der Waals surface area contributed by atoms with Crippen molar-refractivity contribution in [2.45, 2.75) is 19.1 Å². The van der Waals surface area contributed by atoms with Crippen molar-refractivity contribution in [2.75, 3.05) is 18.0 Å². The van der Waals surface area contributed by atoms with Crippen LogP contribution in [0.15, 0.2) is 24.5 Å². The quantitative estimate of drug-likeness (QED) is 0.888. The van der Waals surface area contributed by atoms with Gasteiger partial charge in [0.1, 0.15) is 11.6 Å². The van der Waals surface area contributed by atoms with Crippen LogP contribution in [0.5, 0.6) is 0 Å². The molecular formula is C15H14N4O3. The Kier molecular flexibility index (Phi) is 3.61. The SMILES string of the molecule is C[C@@H]1CN(c2cnc(C#N)c3ncccc23)C[C@H](C(=O)O)O1. The van der Waals surface area contributed by atoms with Crippen molar-refractivity contribution >= 4 is 22.6 Å². The second-order valence-electron chi connectivity index (χ2n) is 5.18. The fraction of sp³-hybridized carbons (Fsp3) is 0.333. The Morgan fingerprint density at radius 3 is 3.05 bits per heavy atom. The van der Waals surface area contributed by atoms with E-state index in [9.17, 15) is 9.90 Å². The van der Waals surface area contributed by atoms with Gasteiger partial charge in [-0.2, -0.15) is 5.26 Å². The monoisotopic (exact) mass is 298 g/mol. The highest BCUT2D eigenvalue weighted by molar-refractivity contribution is 5.94. The van der Waals surface area contributed by atoms with Gasteiger partial charge in [-0.05, 0) is 19.1 Å². The average molecular weight is 298 g/mol. The first kappa shape index (κ1) is 14.2. The number of carboxylic acids is 1. The molecular weight excluding hydrogens is 284 g/mol. The summed E-state index contributed by atoms with van der Waals surface area (Å²) in [6, 6.07) is 5.67. The molecule has 0 aromatic carbocycles. The highest BCUT2D eigenvalue weighted by Gasteiger charge is 2.31. The summed E-state index contributed by atoms with van der Waals surface area (Å²) in [5, 5.41) is 19.1. The number of rotatable bonds is 2. The number of hydrogen-bond donors (Lipinski definition) is 1. The van der Waals surface area contributed by atoms with E-state index in [0.29, 0.717) is 12.1 Å².